The Labute approximate surface area is 70.8 Å². The van der Waals surface area contributed by atoms with Crippen LogP contribution in [0.4, 0.5) is 0 Å². The summed E-state index contributed by atoms with van der Waals surface area (Å²) in [4.78, 5) is 0. The third kappa shape index (κ3) is 1.89. The molecule has 1 aromatic carbocycles. The molecule has 0 atom stereocenters. The van der Waals surface area contributed by atoms with Crippen LogP contribution in [0.25, 0.3) is 0 Å². The SMILES string of the molecule is C[CH]c1cc(Cl)cc(Cl)c1. The van der Waals surface area contributed by atoms with Crippen LogP contribution in [0.1, 0.15) is 12.5 Å². The van der Waals surface area contributed by atoms with E-state index in [0.717, 1.165) is 5.56 Å². The van der Waals surface area contributed by atoms with Crippen molar-refractivity contribution in [2.75, 3.05) is 0 Å². The number of halogens is 2. The van der Waals surface area contributed by atoms with E-state index in [1.165, 1.54) is 0 Å². The lowest BCUT2D eigenvalue weighted by Crippen LogP contribution is -1.76. The lowest BCUT2D eigenvalue weighted by molar-refractivity contribution is 1.42. The first-order valence-corrected chi connectivity index (χ1v) is 3.73. The Kier molecular flexibility index (Phi) is 2.58. The predicted octanol–water partition coefficient (Wildman–Crippen LogP) is 3.57. The van der Waals surface area contributed by atoms with Gasteiger partial charge in [-0.1, -0.05) is 30.1 Å². The average molecular weight is 174 g/mol. The molecule has 0 bridgehead atoms. The van der Waals surface area contributed by atoms with E-state index >= 15 is 0 Å². The molecule has 0 N–H and O–H groups in total. The van der Waals surface area contributed by atoms with Gasteiger partial charge in [0.1, 0.15) is 0 Å². The van der Waals surface area contributed by atoms with Crippen LogP contribution in [0.5, 0.6) is 0 Å². The topological polar surface area (TPSA) is 0 Å². The molecule has 53 valence electrons. The van der Waals surface area contributed by atoms with Crippen molar-refractivity contribution in [3.8, 4) is 0 Å². The molecule has 0 heterocycles. The monoisotopic (exact) mass is 173 g/mol. The second kappa shape index (κ2) is 3.27. The Morgan fingerprint density at radius 1 is 1.10 bits per heavy atom. The van der Waals surface area contributed by atoms with Crippen molar-refractivity contribution in [2.24, 2.45) is 0 Å². The molecule has 1 aromatic rings. The van der Waals surface area contributed by atoms with Crippen molar-refractivity contribution < 1.29 is 0 Å². The average Bonchev–Trinajstić information content (AvgIpc) is 1.85. The van der Waals surface area contributed by atoms with E-state index in [0.29, 0.717) is 10.0 Å². The van der Waals surface area contributed by atoms with Crippen molar-refractivity contribution in [3.05, 3.63) is 40.2 Å². The first kappa shape index (κ1) is 7.90. The van der Waals surface area contributed by atoms with Crippen LogP contribution in [-0.2, 0) is 0 Å². The number of hydrogen-bond acceptors (Lipinski definition) is 0. The molecule has 2 heteroatoms. The zero-order valence-electron chi connectivity index (χ0n) is 5.57. The van der Waals surface area contributed by atoms with Crippen LogP contribution in [0, 0.1) is 6.42 Å². The van der Waals surface area contributed by atoms with E-state index in [-0.39, 0.29) is 0 Å². The van der Waals surface area contributed by atoms with E-state index in [2.05, 4.69) is 0 Å². The molecule has 0 saturated carbocycles. The van der Waals surface area contributed by atoms with Crippen molar-refractivity contribution in [1.29, 1.82) is 0 Å². The van der Waals surface area contributed by atoms with Gasteiger partial charge in [0.25, 0.3) is 0 Å². The number of rotatable bonds is 1. The maximum absolute atomic E-state index is 5.72. The fourth-order valence-electron chi connectivity index (χ4n) is 0.742. The minimum absolute atomic E-state index is 0.681. The molecule has 1 rings (SSSR count). The zero-order chi connectivity index (χ0) is 7.56. The van der Waals surface area contributed by atoms with Gasteiger partial charge in [0, 0.05) is 10.0 Å². The summed E-state index contributed by atoms with van der Waals surface area (Å²) in [6, 6.07) is 5.46. The Balaban J connectivity index is 3.06. The Morgan fingerprint density at radius 2 is 1.60 bits per heavy atom. The van der Waals surface area contributed by atoms with Gasteiger partial charge < -0.3 is 0 Å². The van der Waals surface area contributed by atoms with Crippen LogP contribution in [0.2, 0.25) is 10.0 Å². The summed E-state index contributed by atoms with van der Waals surface area (Å²) >= 11 is 11.4. The summed E-state index contributed by atoms with van der Waals surface area (Å²) in [5.41, 5.74) is 1.05. The molecular weight excluding hydrogens is 167 g/mol. The summed E-state index contributed by atoms with van der Waals surface area (Å²) in [6.07, 6.45) is 1.96. The zero-order valence-corrected chi connectivity index (χ0v) is 7.08. The minimum Gasteiger partial charge on any atom is -0.0843 e. The van der Waals surface area contributed by atoms with Gasteiger partial charge in [-0.2, -0.15) is 0 Å². The molecule has 0 saturated heterocycles. The fraction of sp³-hybridized carbons (Fsp3) is 0.125. The molecule has 10 heavy (non-hydrogen) atoms. The summed E-state index contributed by atoms with van der Waals surface area (Å²) < 4.78 is 0. The van der Waals surface area contributed by atoms with Crippen LogP contribution in [-0.4, -0.2) is 0 Å². The van der Waals surface area contributed by atoms with E-state index in [1.807, 2.05) is 25.5 Å². The Morgan fingerprint density at radius 3 is 2.00 bits per heavy atom. The van der Waals surface area contributed by atoms with Crippen LogP contribution in [0.15, 0.2) is 18.2 Å². The van der Waals surface area contributed by atoms with Gasteiger partial charge in [-0.05, 0) is 30.2 Å². The van der Waals surface area contributed by atoms with Crippen LogP contribution >= 0.6 is 23.2 Å². The first-order valence-electron chi connectivity index (χ1n) is 2.98. The highest BCUT2D eigenvalue weighted by molar-refractivity contribution is 6.34. The fourth-order valence-corrected chi connectivity index (χ4v) is 1.28. The van der Waals surface area contributed by atoms with Gasteiger partial charge in [-0.3, -0.25) is 0 Å². The smallest absolute Gasteiger partial charge is 0.0423 e. The van der Waals surface area contributed by atoms with E-state index < -0.39 is 0 Å². The third-order valence-electron chi connectivity index (χ3n) is 1.22. The molecule has 0 unspecified atom stereocenters. The quantitative estimate of drug-likeness (QED) is 0.610. The second-order valence-corrected chi connectivity index (χ2v) is 2.86. The molecule has 0 nitrogen and oxygen atoms in total. The molecule has 0 spiro atoms. The third-order valence-corrected chi connectivity index (χ3v) is 1.65. The van der Waals surface area contributed by atoms with Gasteiger partial charge in [-0.15, -0.1) is 0 Å². The standard InChI is InChI=1S/C8H7Cl2/c1-2-6-3-7(9)5-8(10)4-6/h2-5H,1H3. The van der Waals surface area contributed by atoms with E-state index in [4.69, 9.17) is 23.2 Å². The largest absolute Gasteiger partial charge is 0.0843 e. The lowest BCUT2D eigenvalue weighted by Gasteiger charge is -1.97. The van der Waals surface area contributed by atoms with E-state index in [9.17, 15) is 0 Å². The van der Waals surface area contributed by atoms with Crippen molar-refractivity contribution in [2.45, 2.75) is 6.92 Å². The van der Waals surface area contributed by atoms with Crippen molar-refractivity contribution in [3.63, 3.8) is 0 Å². The Bertz CT molecular complexity index is 210. The molecule has 0 aliphatic rings. The van der Waals surface area contributed by atoms with E-state index in [1.54, 1.807) is 6.07 Å². The van der Waals surface area contributed by atoms with Crippen LogP contribution < -0.4 is 0 Å². The summed E-state index contributed by atoms with van der Waals surface area (Å²) in [5, 5.41) is 1.36. The van der Waals surface area contributed by atoms with Gasteiger partial charge in [0.15, 0.2) is 0 Å². The van der Waals surface area contributed by atoms with Crippen molar-refractivity contribution >= 4 is 23.2 Å². The predicted molar refractivity (Wildman–Crippen MR) is 45.5 cm³/mol. The van der Waals surface area contributed by atoms with Crippen molar-refractivity contribution in [1.82, 2.24) is 0 Å². The molecule has 0 amide bonds. The molecule has 0 fully saturated rings. The summed E-state index contributed by atoms with van der Waals surface area (Å²) in [5.74, 6) is 0. The molecule has 1 radical (unpaired) electrons. The van der Waals surface area contributed by atoms with Gasteiger partial charge in [-0.25, -0.2) is 0 Å². The van der Waals surface area contributed by atoms with Crippen LogP contribution in [0.3, 0.4) is 0 Å². The van der Waals surface area contributed by atoms with Gasteiger partial charge in [0.2, 0.25) is 0 Å². The minimum atomic E-state index is 0.681. The highest BCUT2D eigenvalue weighted by atomic mass is 35.5. The molecule has 0 aromatic heterocycles. The lowest BCUT2D eigenvalue weighted by atomic mass is 10.2. The summed E-state index contributed by atoms with van der Waals surface area (Å²) in [7, 11) is 0. The number of benzene rings is 1. The maximum Gasteiger partial charge on any atom is 0.0423 e. The molecular formula is C8H7Cl2. The normalized spacial score (nSPS) is 9.90. The highest BCUT2D eigenvalue weighted by Gasteiger charge is 1.94. The van der Waals surface area contributed by atoms with Gasteiger partial charge >= 0.3 is 0 Å². The maximum atomic E-state index is 5.72. The molecule has 0 aliphatic heterocycles. The second-order valence-electron chi connectivity index (χ2n) is 1.99. The number of hydrogen-bond donors (Lipinski definition) is 0. The molecule has 0 aliphatic carbocycles. The summed E-state index contributed by atoms with van der Waals surface area (Å²) in [6.45, 7) is 1.95. The highest BCUT2D eigenvalue weighted by Crippen LogP contribution is 2.19. The first-order chi connectivity index (χ1) is 4.72. The van der Waals surface area contributed by atoms with Gasteiger partial charge in [0.05, 0.1) is 0 Å². The Hall–Kier alpha value is -0.200.